The minimum Gasteiger partial charge on any atom is -0.381 e. The molecule has 0 aliphatic rings. The summed E-state index contributed by atoms with van der Waals surface area (Å²) in [5.74, 6) is 0.699. The zero-order valence-electron chi connectivity index (χ0n) is 6.19. The third-order valence-corrected chi connectivity index (χ3v) is 2.27. The third kappa shape index (κ3) is 4.91. The zero-order chi connectivity index (χ0) is 7.11. The number of halogens is 1. The summed E-state index contributed by atoms with van der Waals surface area (Å²) in [4.78, 5) is 0. The molecule has 9 heavy (non-hydrogen) atoms. The summed E-state index contributed by atoms with van der Waals surface area (Å²) in [5, 5.41) is 1.06. The molecule has 1 unspecified atom stereocenters. The quantitative estimate of drug-likeness (QED) is 0.612. The van der Waals surface area contributed by atoms with Crippen LogP contribution in [0, 0.1) is 5.92 Å². The molecule has 0 aromatic heterocycles. The van der Waals surface area contributed by atoms with Gasteiger partial charge < -0.3 is 4.74 Å². The van der Waals surface area contributed by atoms with Gasteiger partial charge in [-0.15, -0.1) is 0 Å². The maximum atomic E-state index is 5.25. The van der Waals surface area contributed by atoms with Crippen molar-refractivity contribution in [3.05, 3.63) is 0 Å². The van der Waals surface area contributed by atoms with Gasteiger partial charge in [0.05, 0.1) is 6.61 Å². The molecule has 0 spiro atoms. The normalized spacial score (nSPS) is 13.7. The molecule has 0 saturated heterocycles. The molecule has 0 fully saturated rings. The molecule has 0 aliphatic carbocycles. The van der Waals surface area contributed by atoms with Crippen LogP contribution in [0.2, 0.25) is 0 Å². The Bertz CT molecular complexity index is 52.9. The zero-order valence-corrected chi connectivity index (χ0v) is 7.78. The van der Waals surface area contributed by atoms with Gasteiger partial charge in [-0.1, -0.05) is 29.3 Å². The highest BCUT2D eigenvalue weighted by atomic mass is 79.9. The van der Waals surface area contributed by atoms with Gasteiger partial charge in [0.1, 0.15) is 0 Å². The average molecular weight is 195 g/mol. The SMILES string of the molecule is CCOCC(CC)CBr. The van der Waals surface area contributed by atoms with Crippen LogP contribution < -0.4 is 0 Å². The third-order valence-electron chi connectivity index (χ3n) is 1.35. The molecular formula is C7H15BrO. The lowest BCUT2D eigenvalue weighted by atomic mass is 10.1. The first-order valence-corrected chi connectivity index (χ1v) is 4.61. The minimum atomic E-state index is 0.699. The molecule has 2 heteroatoms. The van der Waals surface area contributed by atoms with E-state index >= 15 is 0 Å². The molecule has 56 valence electrons. The van der Waals surface area contributed by atoms with Gasteiger partial charge in [-0.2, -0.15) is 0 Å². The molecule has 0 bridgehead atoms. The van der Waals surface area contributed by atoms with Crippen LogP contribution in [0.1, 0.15) is 20.3 Å². The van der Waals surface area contributed by atoms with E-state index in [0.717, 1.165) is 18.5 Å². The second kappa shape index (κ2) is 6.56. The second-order valence-corrected chi connectivity index (χ2v) is 2.74. The van der Waals surface area contributed by atoms with Crippen LogP contribution in [0.5, 0.6) is 0 Å². The summed E-state index contributed by atoms with van der Waals surface area (Å²) < 4.78 is 5.25. The van der Waals surface area contributed by atoms with Gasteiger partial charge in [0.15, 0.2) is 0 Å². The molecule has 0 amide bonds. The molecule has 0 rings (SSSR count). The maximum Gasteiger partial charge on any atom is 0.0502 e. The summed E-state index contributed by atoms with van der Waals surface area (Å²) >= 11 is 3.43. The van der Waals surface area contributed by atoms with Gasteiger partial charge in [-0.05, 0) is 12.8 Å². The summed E-state index contributed by atoms with van der Waals surface area (Å²) in [6.07, 6.45) is 1.20. The van der Waals surface area contributed by atoms with E-state index in [1.165, 1.54) is 6.42 Å². The van der Waals surface area contributed by atoms with Gasteiger partial charge in [0, 0.05) is 11.9 Å². The fraction of sp³-hybridized carbons (Fsp3) is 1.00. The Morgan fingerprint density at radius 3 is 2.44 bits per heavy atom. The number of hydrogen-bond donors (Lipinski definition) is 0. The lowest BCUT2D eigenvalue weighted by molar-refractivity contribution is 0.117. The molecule has 1 nitrogen and oxygen atoms in total. The largest absolute Gasteiger partial charge is 0.381 e. The van der Waals surface area contributed by atoms with E-state index in [1.807, 2.05) is 6.92 Å². The fourth-order valence-corrected chi connectivity index (χ4v) is 1.20. The maximum absolute atomic E-state index is 5.25. The van der Waals surface area contributed by atoms with Crippen LogP contribution in [-0.2, 0) is 4.74 Å². The summed E-state index contributed by atoms with van der Waals surface area (Å²) in [7, 11) is 0. The van der Waals surface area contributed by atoms with Gasteiger partial charge in [-0.25, -0.2) is 0 Å². The van der Waals surface area contributed by atoms with E-state index in [9.17, 15) is 0 Å². The molecule has 0 radical (unpaired) electrons. The summed E-state index contributed by atoms with van der Waals surface area (Å²) in [5.41, 5.74) is 0. The Morgan fingerprint density at radius 1 is 1.44 bits per heavy atom. The van der Waals surface area contributed by atoms with E-state index in [2.05, 4.69) is 22.9 Å². The first kappa shape index (κ1) is 9.44. The standard InChI is InChI=1S/C7H15BrO/c1-3-7(5-8)6-9-4-2/h7H,3-6H2,1-2H3. The second-order valence-electron chi connectivity index (χ2n) is 2.09. The van der Waals surface area contributed by atoms with Crippen molar-refractivity contribution in [2.24, 2.45) is 5.92 Å². The van der Waals surface area contributed by atoms with Crippen LogP contribution in [0.4, 0.5) is 0 Å². The van der Waals surface area contributed by atoms with Crippen LogP contribution >= 0.6 is 15.9 Å². The van der Waals surface area contributed by atoms with E-state index in [4.69, 9.17) is 4.74 Å². The predicted molar refractivity (Wildman–Crippen MR) is 44.1 cm³/mol. The van der Waals surface area contributed by atoms with Gasteiger partial charge in [0.25, 0.3) is 0 Å². The summed E-state index contributed by atoms with van der Waals surface area (Å²) in [6, 6.07) is 0. The van der Waals surface area contributed by atoms with E-state index < -0.39 is 0 Å². The molecule has 0 aromatic carbocycles. The van der Waals surface area contributed by atoms with E-state index in [-0.39, 0.29) is 0 Å². The lowest BCUT2D eigenvalue weighted by Gasteiger charge is -2.09. The molecule has 1 atom stereocenters. The smallest absolute Gasteiger partial charge is 0.0502 e. The number of alkyl halides is 1. The van der Waals surface area contributed by atoms with Crippen LogP contribution in [-0.4, -0.2) is 18.5 Å². The predicted octanol–water partition coefficient (Wildman–Crippen LogP) is 2.44. The topological polar surface area (TPSA) is 9.23 Å². The lowest BCUT2D eigenvalue weighted by Crippen LogP contribution is -2.09. The van der Waals surface area contributed by atoms with Crippen LogP contribution in [0.25, 0.3) is 0 Å². The van der Waals surface area contributed by atoms with E-state index in [1.54, 1.807) is 0 Å². The Morgan fingerprint density at radius 2 is 2.11 bits per heavy atom. The highest BCUT2D eigenvalue weighted by Gasteiger charge is 2.01. The van der Waals surface area contributed by atoms with Crippen molar-refractivity contribution in [2.45, 2.75) is 20.3 Å². The highest BCUT2D eigenvalue weighted by molar-refractivity contribution is 9.09. The minimum absolute atomic E-state index is 0.699. The van der Waals surface area contributed by atoms with Crippen molar-refractivity contribution < 1.29 is 4.74 Å². The first-order chi connectivity index (χ1) is 4.35. The molecule has 0 saturated carbocycles. The highest BCUT2D eigenvalue weighted by Crippen LogP contribution is 2.05. The Hall–Kier alpha value is 0.440. The van der Waals surface area contributed by atoms with Crippen molar-refractivity contribution in [1.29, 1.82) is 0 Å². The molecule has 0 heterocycles. The van der Waals surface area contributed by atoms with Gasteiger partial charge in [0.2, 0.25) is 0 Å². The van der Waals surface area contributed by atoms with E-state index in [0.29, 0.717) is 5.92 Å². The van der Waals surface area contributed by atoms with Crippen molar-refractivity contribution in [2.75, 3.05) is 18.5 Å². The monoisotopic (exact) mass is 194 g/mol. The Labute approximate surface area is 65.9 Å². The van der Waals surface area contributed by atoms with Crippen molar-refractivity contribution >= 4 is 15.9 Å². The van der Waals surface area contributed by atoms with Crippen molar-refractivity contribution in [3.8, 4) is 0 Å². The number of rotatable bonds is 5. The number of ether oxygens (including phenoxy) is 1. The van der Waals surface area contributed by atoms with Crippen molar-refractivity contribution in [3.63, 3.8) is 0 Å². The van der Waals surface area contributed by atoms with Crippen LogP contribution in [0.15, 0.2) is 0 Å². The molecular weight excluding hydrogens is 180 g/mol. The van der Waals surface area contributed by atoms with Gasteiger partial charge in [-0.3, -0.25) is 0 Å². The van der Waals surface area contributed by atoms with Crippen molar-refractivity contribution in [1.82, 2.24) is 0 Å². The molecule has 0 aliphatic heterocycles. The Balaban J connectivity index is 3.09. The fourth-order valence-electron chi connectivity index (χ4n) is 0.556. The first-order valence-electron chi connectivity index (χ1n) is 3.48. The average Bonchev–Trinajstić information content (AvgIpc) is 1.91. The number of hydrogen-bond acceptors (Lipinski definition) is 1. The summed E-state index contributed by atoms with van der Waals surface area (Å²) in [6.45, 7) is 5.95. The Kier molecular flexibility index (Phi) is 6.88. The molecule has 0 aromatic rings. The van der Waals surface area contributed by atoms with Gasteiger partial charge >= 0.3 is 0 Å². The molecule has 0 N–H and O–H groups in total. The van der Waals surface area contributed by atoms with Crippen LogP contribution in [0.3, 0.4) is 0 Å².